The SMILES string of the molecule is COc1cnccc1Oc1cccc2c1CCC2Oc1ccc(C2=CC(=O)NS2=O)cc1.COc1ncccc1Oc1cccc2c1CCC2Oc1ccc(C2=CC(=O)NS2=O)cc1.Cc1ccc(Oc2cccc3c2CCC3Oc2ccc(C3=CC(=O)NS3=O)cc2)cn1.Cc1cnccc1Oc1cccc2c1CCC2Oc1ccc(C2=CC(=O)NS2=O)cc1. The van der Waals surface area contributed by atoms with Crippen LogP contribution < -0.4 is 66.3 Å². The molecule has 20 rings (SSSR count). The Morgan fingerprint density at radius 2 is 0.643 bits per heavy atom. The Balaban J connectivity index is 0.000000119. The first kappa shape index (κ1) is 84.0. The van der Waals surface area contributed by atoms with Crippen LogP contribution in [0.2, 0.25) is 0 Å². The molecule has 0 saturated heterocycles. The van der Waals surface area contributed by atoms with E-state index in [9.17, 15) is 36.0 Å². The molecular weight excluding hydrogens is 1680 g/mol. The van der Waals surface area contributed by atoms with Crippen molar-refractivity contribution in [2.75, 3.05) is 14.2 Å². The third-order valence-electron chi connectivity index (χ3n) is 21.6. The van der Waals surface area contributed by atoms with Crippen LogP contribution in [0, 0.1) is 13.8 Å². The van der Waals surface area contributed by atoms with Crippen molar-refractivity contribution in [2.45, 2.75) is 89.6 Å². The average Bonchev–Trinajstić information content (AvgIpc) is 1.65. The van der Waals surface area contributed by atoms with Gasteiger partial charge in [-0.1, -0.05) is 97.1 Å². The van der Waals surface area contributed by atoms with Crippen molar-refractivity contribution in [3.8, 4) is 80.6 Å². The molecular formula is C96H80N8O18S4. The van der Waals surface area contributed by atoms with E-state index in [4.69, 9.17) is 47.4 Å². The van der Waals surface area contributed by atoms with Crippen LogP contribution in [0.5, 0.6) is 80.6 Å². The van der Waals surface area contributed by atoms with Gasteiger partial charge in [0, 0.05) is 88.7 Å². The van der Waals surface area contributed by atoms with Gasteiger partial charge in [0.05, 0.1) is 46.2 Å². The number of hydrogen-bond donors (Lipinski definition) is 4. The summed E-state index contributed by atoms with van der Waals surface area (Å²) in [7, 11) is -2.87. The molecule has 636 valence electrons. The van der Waals surface area contributed by atoms with Gasteiger partial charge in [-0.15, -0.1) is 0 Å². The van der Waals surface area contributed by atoms with E-state index in [0.29, 0.717) is 60.0 Å². The predicted octanol–water partition coefficient (Wildman–Crippen LogP) is 16.9. The Bertz CT molecular complexity index is 6260. The maximum atomic E-state index is 11.9. The highest BCUT2D eigenvalue weighted by molar-refractivity contribution is 7.94. The zero-order valence-electron chi connectivity index (χ0n) is 68.1. The molecule has 8 aliphatic rings. The summed E-state index contributed by atoms with van der Waals surface area (Å²) >= 11 is 0. The number of fused-ring (bicyclic) bond motifs is 4. The van der Waals surface area contributed by atoms with Crippen molar-refractivity contribution in [2.24, 2.45) is 0 Å². The van der Waals surface area contributed by atoms with Gasteiger partial charge in [0.15, 0.2) is 61.2 Å². The Hall–Kier alpha value is -14.2. The first-order valence-corrected chi connectivity index (χ1v) is 44.8. The summed E-state index contributed by atoms with van der Waals surface area (Å²) in [6.07, 6.45) is 22.1. The molecule has 4 amide bonds. The molecule has 4 N–H and O–H groups in total. The monoisotopic (exact) mass is 1760 g/mol. The van der Waals surface area contributed by atoms with Crippen molar-refractivity contribution >= 4 is 87.2 Å². The number of hydrogen-bond acceptors (Lipinski definition) is 22. The number of methoxy groups -OCH3 is 2. The number of carbonyl (C=O) groups is 4. The molecule has 8 aromatic carbocycles. The van der Waals surface area contributed by atoms with Crippen LogP contribution in [0.25, 0.3) is 19.6 Å². The van der Waals surface area contributed by atoms with Crippen LogP contribution in [0.3, 0.4) is 0 Å². The molecule has 0 fully saturated rings. The van der Waals surface area contributed by atoms with E-state index in [1.165, 1.54) is 24.3 Å². The summed E-state index contributed by atoms with van der Waals surface area (Å²) in [5.41, 5.74) is 13.8. The molecule has 26 nitrogen and oxygen atoms in total. The maximum Gasteiger partial charge on any atom is 0.257 e. The molecule has 8 heterocycles. The molecule has 8 unspecified atom stereocenters. The Morgan fingerprint density at radius 1 is 0.310 bits per heavy atom. The zero-order chi connectivity index (χ0) is 86.9. The molecule has 8 atom stereocenters. The second-order valence-electron chi connectivity index (χ2n) is 29.7. The minimum atomic E-state index is -1.51. The van der Waals surface area contributed by atoms with Crippen molar-refractivity contribution in [3.05, 3.63) is 346 Å². The summed E-state index contributed by atoms with van der Waals surface area (Å²) in [5, 5.41) is 0. The fourth-order valence-corrected chi connectivity index (χ4v) is 19.3. The highest BCUT2D eigenvalue weighted by Crippen LogP contribution is 2.48. The summed E-state index contributed by atoms with van der Waals surface area (Å²) in [4.78, 5) is 64.2. The first-order valence-electron chi connectivity index (χ1n) is 40.2. The lowest BCUT2D eigenvalue weighted by Crippen LogP contribution is -2.16. The van der Waals surface area contributed by atoms with Crippen molar-refractivity contribution in [3.63, 3.8) is 0 Å². The average molecular weight is 1760 g/mol. The van der Waals surface area contributed by atoms with E-state index in [2.05, 4.69) is 63.1 Å². The lowest BCUT2D eigenvalue weighted by molar-refractivity contribution is -0.115. The molecule has 4 aliphatic carbocycles. The number of nitrogens with zero attached hydrogens (tertiary/aromatic N) is 4. The van der Waals surface area contributed by atoms with Crippen molar-refractivity contribution in [1.29, 1.82) is 0 Å². The third kappa shape index (κ3) is 19.1. The quantitative estimate of drug-likeness (QED) is 0.0490. The Labute approximate surface area is 734 Å². The van der Waals surface area contributed by atoms with Gasteiger partial charge in [-0.2, -0.15) is 0 Å². The number of aryl methyl sites for hydroxylation is 2. The first-order chi connectivity index (χ1) is 61.4. The fourth-order valence-electron chi connectivity index (χ4n) is 15.6. The molecule has 0 spiro atoms. The van der Waals surface area contributed by atoms with E-state index in [1.807, 2.05) is 184 Å². The molecule has 0 saturated carbocycles. The predicted molar refractivity (Wildman–Crippen MR) is 475 cm³/mol. The van der Waals surface area contributed by atoms with Gasteiger partial charge in [0.25, 0.3) is 29.5 Å². The highest BCUT2D eigenvalue weighted by Gasteiger charge is 2.34. The zero-order valence-corrected chi connectivity index (χ0v) is 71.4. The lowest BCUT2D eigenvalue weighted by Gasteiger charge is -2.16. The number of rotatable bonds is 22. The topological polar surface area (TPSA) is 329 Å². The standard InChI is InChI=1S/2C24H20N2O5S.2C24H20N2O4S/c1-29-24-21(6-3-13-25-24)31-19-5-2-4-17-18(19)11-12-20(17)30-16-9-7-15(8-10-16)22-14-23(27)26-32(22)28;1-29-22-14-25-12-11-21(22)31-19-4-2-3-17-18(19)9-10-20(17)30-16-7-5-15(6-8-16)23-13-24(27)26-32(23)28;1-15-5-8-18(14-25-15)30-21-4-2-3-19-20(21)11-12-22(19)29-17-9-6-16(7-10-17)23-13-24(27)26-31(23)28;1-15-14-25-12-11-20(15)30-21-4-2-3-18-19(21)9-10-22(18)29-17-7-5-16(6-8-17)23-13-24(27)26-31(23)28/h2-10,13-14,20H,11-12H2,1H3,(H,26,27);2-8,11-14,20H,9-10H2,1H3,(H,26,27);2-10,13-14,22H,11-12H2,1H3,(H,26,27);2-8,11-14,22H,9-10H2,1H3,(H,26,27). The minimum Gasteiger partial charge on any atom is -0.491 e. The molecule has 0 radical (unpaired) electrons. The second kappa shape index (κ2) is 37.9. The van der Waals surface area contributed by atoms with Gasteiger partial charge in [-0.05, 0) is 213 Å². The summed E-state index contributed by atoms with van der Waals surface area (Å²) in [5.74, 6) is 8.42. The second-order valence-corrected chi connectivity index (χ2v) is 34.4. The fraction of sp³-hybridized carbons (Fsp3) is 0.167. The third-order valence-corrected chi connectivity index (χ3v) is 26.2. The number of ether oxygens (including phenoxy) is 10. The largest absolute Gasteiger partial charge is 0.491 e. The van der Waals surface area contributed by atoms with Gasteiger partial charge in [0.1, 0.15) is 81.9 Å². The molecule has 4 aliphatic heterocycles. The number of carbonyl (C=O) groups excluding carboxylic acids is 4. The lowest BCUT2D eigenvalue weighted by atomic mass is 10.1. The Morgan fingerprint density at radius 3 is 0.976 bits per heavy atom. The van der Waals surface area contributed by atoms with Gasteiger partial charge in [-0.25, -0.2) is 21.8 Å². The van der Waals surface area contributed by atoms with E-state index in [-0.39, 0.29) is 48.0 Å². The molecule has 0 bridgehead atoms. The van der Waals surface area contributed by atoms with Crippen LogP contribution in [0.1, 0.15) is 128 Å². The van der Waals surface area contributed by atoms with E-state index >= 15 is 0 Å². The Kier molecular flexibility index (Phi) is 25.3. The normalized spacial score (nSPS) is 19.3. The van der Waals surface area contributed by atoms with Crippen LogP contribution >= 0.6 is 0 Å². The highest BCUT2D eigenvalue weighted by atomic mass is 32.2. The van der Waals surface area contributed by atoms with Crippen LogP contribution in [0.4, 0.5) is 0 Å². The van der Waals surface area contributed by atoms with E-state index < -0.39 is 43.9 Å². The summed E-state index contributed by atoms with van der Waals surface area (Å²) in [6.45, 7) is 3.92. The smallest absolute Gasteiger partial charge is 0.257 e. The van der Waals surface area contributed by atoms with Gasteiger partial charge >= 0.3 is 0 Å². The van der Waals surface area contributed by atoms with Gasteiger partial charge in [-0.3, -0.25) is 53.0 Å². The number of benzene rings is 8. The van der Waals surface area contributed by atoms with Crippen LogP contribution in [-0.2, 0) is 88.8 Å². The number of nitrogens with one attached hydrogen (secondary N) is 4. The van der Waals surface area contributed by atoms with Crippen LogP contribution in [-0.4, -0.2) is 74.6 Å². The number of pyridine rings is 4. The molecule has 4 aromatic heterocycles. The van der Waals surface area contributed by atoms with Crippen molar-refractivity contribution in [1.82, 2.24) is 38.8 Å². The maximum absolute atomic E-state index is 11.9. The summed E-state index contributed by atoms with van der Waals surface area (Å²) in [6, 6.07) is 64.3. The number of aromatic nitrogens is 4. The van der Waals surface area contributed by atoms with E-state index in [0.717, 1.165) is 170 Å². The van der Waals surface area contributed by atoms with Crippen LogP contribution in [0.15, 0.2) is 268 Å². The minimum absolute atomic E-state index is 0.0639. The van der Waals surface area contributed by atoms with E-state index in [1.54, 1.807) is 63.5 Å². The molecule has 12 aromatic rings. The summed E-state index contributed by atoms with van der Waals surface area (Å²) < 4.78 is 117. The molecule has 126 heavy (non-hydrogen) atoms. The molecule has 30 heteroatoms. The number of amides is 4. The van der Waals surface area contributed by atoms with Gasteiger partial charge in [0.2, 0.25) is 0 Å². The van der Waals surface area contributed by atoms with Gasteiger partial charge < -0.3 is 47.4 Å². The van der Waals surface area contributed by atoms with Crippen molar-refractivity contribution < 1.29 is 83.4 Å².